The molecule has 0 fully saturated rings. The van der Waals surface area contributed by atoms with E-state index in [2.05, 4.69) is 93.2 Å². The number of aryl methyl sites for hydroxylation is 2. The van der Waals surface area contributed by atoms with Gasteiger partial charge in [-0.25, -0.2) is 4.57 Å². The molecule has 162 valence electrons. The number of pyridine rings is 1. The van der Waals surface area contributed by atoms with E-state index in [9.17, 15) is 5.26 Å². The summed E-state index contributed by atoms with van der Waals surface area (Å²) in [6.07, 6.45) is 3.05. The third kappa shape index (κ3) is 3.58. The number of rotatable bonds is 4. The minimum Gasteiger partial charge on any atom is -0.454 e. The lowest BCUT2D eigenvalue weighted by molar-refractivity contribution is -0.660. The van der Waals surface area contributed by atoms with Crippen LogP contribution in [0.3, 0.4) is 0 Å². The fraction of sp³-hybridized carbons (Fsp3) is 0.200. The number of benzene rings is 3. The maximum atomic E-state index is 9.95. The van der Waals surface area contributed by atoms with E-state index in [4.69, 9.17) is 4.42 Å². The largest absolute Gasteiger partial charge is 0.454 e. The molecule has 3 nitrogen and oxygen atoms in total. The van der Waals surface area contributed by atoms with Crippen molar-refractivity contribution in [2.75, 3.05) is 0 Å². The van der Waals surface area contributed by atoms with Crippen LogP contribution in [0.5, 0.6) is 0 Å². The molecule has 2 aromatic heterocycles. The molecule has 0 spiro atoms. The van der Waals surface area contributed by atoms with Gasteiger partial charge < -0.3 is 4.42 Å². The second kappa shape index (κ2) is 8.22. The van der Waals surface area contributed by atoms with E-state index in [1.165, 1.54) is 5.56 Å². The Morgan fingerprint density at radius 3 is 2.39 bits per heavy atom. The van der Waals surface area contributed by atoms with E-state index in [1.54, 1.807) is 0 Å². The molecule has 0 saturated carbocycles. The highest BCUT2D eigenvalue weighted by Crippen LogP contribution is 2.41. The summed E-state index contributed by atoms with van der Waals surface area (Å²) in [7, 11) is 2.05. The van der Waals surface area contributed by atoms with Crippen molar-refractivity contribution in [2.24, 2.45) is 13.0 Å². The Labute approximate surface area is 194 Å². The number of nitrogens with zero attached hydrogens (tertiary/aromatic N) is 2. The van der Waals surface area contributed by atoms with Gasteiger partial charge in [0.15, 0.2) is 6.20 Å². The maximum absolute atomic E-state index is 9.95. The Morgan fingerprint density at radius 1 is 0.909 bits per heavy atom. The van der Waals surface area contributed by atoms with Crippen LogP contribution in [0.1, 0.15) is 30.5 Å². The van der Waals surface area contributed by atoms with Gasteiger partial charge in [0.25, 0.3) is 0 Å². The Morgan fingerprint density at radius 2 is 1.67 bits per heavy atom. The van der Waals surface area contributed by atoms with Crippen LogP contribution >= 0.6 is 0 Å². The minimum atomic E-state index is 0.565. The molecule has 0 unspecified atom stereocenters. The molecule has 3 aromatic carbocycles. The number of hydrogen-bond donors (Lipinski definition) is 0. The first-order valence-corrected chi connectivity index (χ1v) is 11.4. The molecule has 0 N–H and O–H groups in total. The van der Waals surface area contributed by atoms with E-state index in [0.717, 1.165) is 56.3 Å². The van der Waals surface area contributed by atoms with Crippen molar-refractivity contribution in [1.82, 2.24) is 0 Å². The van der Waals surface area contributed by atoms with E-state index in [1.807, 2.05) is 18.2 Å². The molecule has 0 atom stereocenters. The third-order valence-electron chi connectivity index (χ3n) is 6.31. The monoisotopic (exact) mass is 431 g/mol. The number of fused-ring (bicyclic) bond motifs is 3. The Bertz CT molecular complexity index is 1550. The predicted molar refractivity (Wildman–Crippen MR) is 134 cm³/mol. The van der Waals surface area contributed by atoms with Gasteiger partial charge >= 0.3 is 0 Å². The van der Waals surface area contributed by atoms with E-state index >= 15 is 0 Å². The van der Waals surface area contributed by atoms with Gasteiger partial charge in [-0.3, -0.25) is 0 Å². The van der Waals surface area contributed by atoms with Crippen molar-refractivity contribution < 1.29 is 8.98 Å². The van der Waals surface area contributed by atoms with Gasteiger partial charge in [0.2, 0.25) is 5.69 Å². The highest BCUT2D eigenvalue weighted by molar-refractivity contribution is 6.14. The summed E-state index contributed by atoms with van der Waals surface area (Å²) < 4.78 is 8.78. The number of furan rings is 1. The molecule has 0 bridgehead atoms. The molecule has 0 aliphatic carbocycles. The van der Waals surface area contributed by atoms with Crippen LogP contribution in [0.2, 0.25) is 0 Å². The molecule has 2 heterocycles. The van der Waals surface area contributed by atoms with Crippen molar-refractivity contribution in [2.45, 2.75) is 27.2 Å². The van der Waals surface area contributed by atoms with Crippen molar-refractivity contribution in [1.29, 1.82) is 5.26 Å². The van der Waals surface area contributed by atoms with E-state index < -0.39 is 0 Å². The first kappa shape index (κ1) is 21.0. The third-order valence-corrected chi connectivity index (χ3v) is 6.31. The van der Waals surface area contributed by atoms with Crippen molar-refractivity contribution >= 4 is 21.9 Å². The van der Waals surface area contributed by atoms with Gasteiger partial charge in [-0.2, -0.15) is 5.26 Å². The summed E-state index contributed by atoms with van der Waals surface area (Å²) in [4.78, 5) is 0. The minimum absolute atomic E-state index is 0.565. The summed E-state index contributed by atoms with van der Waals surface area (Å²) in [6, 6.07) is 25.3. The first-order chi connectivity index (χ1) is 16.0. The fourth-order valence-electron chi connectivity index (χ4n) is 4.81. The second-order valence-corrected chi connectivity index (χ2v) is 9.21. The molecule has 5 aromatic rings. The van der Waals surface area contributed by atoms with Gasteiger partial charge in [0.1, 0.15) is 18.2 Å². The van der Waals surface area contributed by atoms with Gasteiger partial charge in [-0.1, -0.05) is 50.2 Å². The lowest BCUT2D eigenvalue weighted by Crippen LogP contribution is -2.30. The quantitative estimate of drug-likeness (QED) is 0.284. The van der Waals surface area contributed by atoms with Crippen molar-refractivity contribution in [3.8, 4) is 28.5 Å². The molecule has 0 radical (unpaired) electrons. The van der Waals surface area contributed by atoms with Gasteiger partial charge in [0, 0.05) is 28.5 Å². The number of hydrogen-bond acceptors (Lipinski definition) is 2. The molecular formula is C30H27N2O+. The van der Waals surface area contributed by atoms with Crippen LogP contribution in [0.15, 0.2) is 77.3 Å². The molecule has 0 aliphatic heterocycles. The second-order valence-electron chi connectivity index (χ2n) is 9.21. The summed E-state index contributed by atoms with van der Waals surface area (Å²) in [5.41, 5.74) is 8.78. The average Bonchev–Trinajstić information content (AvgIpc) is 3.17. The van der Waals surface area contributed by atoms with Gasteiger partial charge in [-0.05, 0) is 54.2 Å². The zero-order chi connectivity index (χ0) is 23.1. The molecule has 3 heteroatoms. The smallest absolute Gasteiger partial charge is 0.216 e. The normalized spacial score (nSPS) is 11.4. The topological polar surface area (TPSA) is 40.8 Å². The SMILES string of the molecule is Cc1ccc2c(oc3c(-c4cccc(CC(C)C)c4)c(C#N)ccc32)c1-c1cccc[n+]1C. The lowest BCUT2D eigenvalue weighted by atomic mass is 9.93. The van der Waals surface area contributed by atoms with Crippen LogP contribution in [-0.2, 0) is 13.5 Å². The first-order valence-electron chi connectivity index (χ1n) is 11.4. The molecule has 5 rings (SSSR count). The van der Waals surface area contributed by atoms with Crippen LogP contribution in [0.4, 0.5) is 0 Å². The standard InChI is InChI=1S/C30H27N2O/c1-19(2)16-21-8-7-9-22(17-21)28-23(18-31)12-14-25-24-13-11-20(3)27(29(24)33-30(25)28)26-10-5-6-15-32(26)4/h5-15,17,19H,16H2,1-4H3/q+1. The zero-order valence-corrected chi connectivity index (χ0v) is 19.5. The Kier molecular flexibility index (Phi) is 5.23. The Balaban J connectivity index is 1.84. The zero-order valence-electron chi connectivity index (χ0n) is 19.5. The van der Waals surface area contributed by atoms with Crippen molar-refractivity contribution in [3.63, 3.8) is 0 Å². The number of nitriles is 1. The highest BCUT2D eigenvalue weighted by Gasteiger charge is 2.22. The number of aromatic nitrogens is 1. The maximum Gasteiger partial charge on any atom is 0.216 e. The molecule has 0 amide bonds. The van der Waals surface area contributed by atoms with E-state index in [-0.39, 0.29) is 0 Å². The summed E-state index contributed by atoms with van der Waals surface area (Å²) in [6.45, 7) is 6.56. The van der Waals surface area contributed by atoms with Crippen LogP contribution in [-0.4, -0.2) is 0 Å². The summed E-state index contributed by atoms with van der Waals surface area (Å²) >= 11 is 0. The van der Waals surface area contributed by atoms with Gasteiger partial charge in [-0.15, -0.1) is 0 Å². The summed E-state index contributed by atoms with van der Waals surface area (Å²) in [5, 5.41) is 12.1. The Hall–Kier alpha value is -3.90. The fourth-order valence-corrected chi connectivity index (χ4v) is 4.81. The van der Waals surface area contributed by atoms with Crippen molar-refractivity contribution in [3.05, 3.63) is 89.6 Å². The molecule has 0 aliphatic rings. The van der Waals surface area contributed by atoms with Crippen LogP contribution < -0.4 is 4.57 Å². The van der Waals surface area contributed by atoms with E-state index in [0.29, 0.717) is 11.5 Å². The average molecular weight is 432 g/mol. The van der Waals surface area contributed by atoms with Gasteiger partial charge in [0.05, 0.1) is 17.2 Å². The van der Waals surface area contributed by atoms with Crippen LogP contribution in [0, 0.1) is 24.2 Å². The van der Waals surface area contributed by atoms with Crippen LogP contribution in [0.25, 0.3) is 44.3 Å². The molecular weight excluding hydrogens is 404 g/mol. The predicted octanol–water partition coefficient (Wildman–Crippen LogP) is 7.12. The highest BCUT2D eigenvalue weighted by atomic mass is 16.3. The summed E-state index contributed by atoms with van der Waals surface area (Å²) in [5.74, 6) is 0.565. The molecule has 33 heavy (non-hydrogen) atoms. The molecule has 0 saturated heterocycles. The lowest BCUT2D eigenvalue weighted by Gasteiger charge is -2.09.